The summed E-state index contributed by atoms with van der Waals surface area (Å²) in [4.78, 5) is 0. The van der Waals surface area contributed by atoms with Crippen LogP contribution in [0.2, 0.25) is 19.1 Å². The molecule has 0 saturated heterocycles. The van der Waals surface area contributed by atoms with Gasteiger partial charge in [0.25, 0.3) is 0 Å². The Hall–Kier alpha value is 0.177. The molecular formula is C7H18NSi. The maximum absolute atomic E-state index is 7.65. The topological polar surface area (TPSA) is 23.8 Å². The minimum atomic E-state index is -1.44. The molecule has 0 aliphatic rings. The van der Waals surface area contributed by atoms with Gasteiger partial charge < -0.3 is 0 Å². The Bertz CT molecular complexity index is 65.8. The molecule has 0 aromatic carbocycles. The minimum absolute atomic E-state index is 1.18. The first-order chi connectivity index (χ1) is 4.06. The zero-order valence-electron chi connectivity index (χ0n) is 6.83. The first-order valence-corrected chi connectivity index (χ1v) is 7.02. The monoisotopic (exact) mass is 144 g/mol. The molecule has 0 aliphatic carbocycles. The maximum atomic E-state index is 7.65. The van der Waals surface area contributed by atoms with Crippen LogP contribution in [0, 0.1) is 0 Å². The lowest BCUT2D eigenvalue weighted by molar-refractivity contribution is 0.761. The molecule has 0 unspecified atom stereocenters. The standard InChI is InChI=1S/C7H18NSi/c1-4-5-6-7-9(2,3)8/h8H,4-7H2,1-3H3. The van der Waals surface area contributed by atoms with Crippen LogP contribution in [-0.2, 0) is 0 Å². The van der Waals surface area contributed by atoms with E-state index in [1.807, 2.05) is 0 Å². The van der Waals surface area contributed by atoms with Crippen molar-refractivity contribution in [2.75, 3.05) is 0 Å². The predicted octanol–water partition coefficient (Wildman–Crippen LogP) is 2.66. The SMILES string of the molecule is CCCCC[Si](C)(C)[NH]. The molecule has 0 amide bonds. The predicted molar refractivity (Wildman–Crippen MR) is 44.9 cm³/mol. The van der Waals surface area contributed by atoms with Gasteiger partial charge >= 0.3 is 0 Å². The quantitative estimate of drug-likeness (QED) is 0.428. The molecular weight excluding hydrogens is 126 g/mol. The highest BCUT2D eigenvalue weighted by Crippen LogP contribution is 2.09. The lowest BCUT2D eigenvalue weighted by Crippen LogP contribution is -2.26. The van der Waals surface area contributed by atoms with Gasteiger partial charge in [0.2, 0.25) is 0 Å². The molecule has 9 heavy (non-hydrogen) atoms. The zero-order chi connectivity index (χ0) is 7.33. The lowest BCUT2D eigenvalue weighted by atomic mass is 10.3. The van der Waals surface area contributed by atoms with E-state index in [1.54, 1.807) is 0 Å². The summed E-state index contributed by atoms with van der Waals surface area (Å²) in [7, 11) is -1.44. The van der Waals surface area contributed by atoms with Crippen LogP contribution < -0.4 is 5.40 Å². The second kappa shape index (κ2) is 4.07. The largest absolute Gasteiger partial charge is 0.285 e. The average molecular weight is 144 g/mol. The van der Waals surface area contributed by atoms with Crippen molar-refractivity contribution in [1.29, 1.82) is 0 Å². The van der Waals surface area contributed by atoms with Crippen LogP contribution in [0.1, 0.15) is 26.2 Å². The molecule has 0 fully saturated rings. The molecule has 0 aromatic heterocycles. The smallest absolute Gasteiger partial charge is 0.134 e. The van der Waals surface area contributed by atoms with Crippen molar-refractivity contribution in [1.82, 2.24) is 5.40 Å². The Morgan fingerprint density at radius 2 is 1.78 bits per heavy atom. The Morgan fingerprint density at radius 3 is 2.11 bits per heavy atom. The fourth-order valence-corrected chi connectivity index (χ4v) is 1.95. The lowest BCUT2D eigenvalue weighted by Gasteiger charge is -2.12. The van der Waals surface area contributed by atoms with Gasteiger partial charge in [-0.15, -0.1) is 0 Å². The molecule has 0 saturated carbocycles. The first-order valence-electron chi connectivity index (χ1n) is 3.81. The van der Waals surface area contributed by atoms with E-state index in [-0.39, 0.29) is 0 Å². The van der Waals surface area contributed by atoms with Gasteiger partial charge in [0, 0.05) is 0 Å². The molecule has 0 atom stereocenters. The van der Waals surface area contributed by atoms with Crippen molar-refractivity contribution in [3.63, 3.8) is 0 Å². The van der Waals surface area contributed by atoms with Crippen molar-refractivity contribution in [3.8, 4) is 0 Å². The Kier molecular flexibility index (Phi) is 4.15. The van der Waals surface area contributed by atoms with E-state index in [0.717, 1.165) is 0 Å². The van der Waals surface area contributed by atoms with Gasteiger partial charge in [-0.1, -0.05) is 39.3 Å². The summed E-state index contributed by atoms with van der Waals surface area (Å²) in [6, 6.07) is 1.18. The van der Waals surface area contributed by atoms with Crippen molar-refractivity contribution < 1.29 is 0 Å². The molecule has 0 rings (SSSR count). The number of hydrogen-bond acceptors (Lipinski definition) is 0. The van der Waals surface area contributed by atoms with Crippen molar-refractivity contribution in [3.05, 3.63) is 0 Å². The Labute approximate surface area is 59.7 Å². The van der Waals surface area contributed by atoms with Gasteiger partial charge in [-0.2, -0.15) is 0 Å². The third-order valence-electron chi connectivity index (χ3n) is 1.41. The average Bonchev–Trinajstić information content (AvgIpc) is 1.63. The second-order valence-corrected chi connectivity index (χ2v) is 7.61. The van der Waals surface area contributed by atoms with Crippen LogP contribution in [0.3, 0.4) is 0 Å². The van der Waals surface area contributed by atoms with Gasteiger partial charge in [0.05, 0.1) is 0 Å². The van der Waals surface area contributed by atoms with Crippen molar-refractivity contribution in [2.24, 2.45) is 0 Å². The number of hydrogen-bond donors (Lipinski definition) is 0. The molecule has 1 N–H and O–H groups in total. The summed E-state index contributed by atoms with van der Waals surface area (Å²) >= 11 is 0. The van der Waals surface area contributed by atoms with Gasteiger partial charge in [0.15, 0.2) is 0 Å². The van der Waals surface area contributed by atoms with Crippen molar-refractivity contribution >= 4 is 8.24 Å². The Balaban J connectivity index is 3.07. The van der Waals surface area contributed by atoms with Crippen LogP contribution in [-0.4, -0.2) is 8.24 Å². The summed E-state index contributed by atoms with van der Waals surface area (Å²) in [5, 5.41) is 7.65. The van der Waals surface area contributed by atoms with Gasteiger partial charge in [0.1, 0.15) is 8.24 Å². The summed E-state index contributed by atoms with van der Waals surface area (Å²) < 4.78 is 0. The molecule has 0 aliphatic heterocycles. The summed E-state index contributed by atoms with van der Waals surface area (Å²) in [5.74, 6) is 0. The molecule has 1 radical (unpaired) electrons. The normalized spacial score (nSPS) is 12.0. The van der Waals surface area contributed by atoms with Crippen LogP contribution in [0.15, 0.2) is 0 Å². The van der Waals surface area contributed by atoms with Crippen molar-refractivity contribution in [2.45, 2.75) is 45.3 Å². The number of rotatable bonds is 4. The molecule has 0 heterocycles. The molecule has 2 heteroatoms. The molecule has 1 nitrogen and oxygen atoms in total. The van der Waals surface area contributed by atoms with E-state index in [2.05, 4.69) is 20.0 Å². The van der Waals surface area contributed by atoms with E-state index in [9.17, 15) is 0 Å². The Morgan fingerprint density at radius 1 is 1.22 bits per heavy atom. The molecule has 0 spiro atoms. The fraction of sp³-hybridized carbons (Fsp3) is 1.00. The van der Waals surface area contributed by atoms with E-state index < -0.39 is 8.24 Å². The third-order valence-corrected chi connectivity index (χ3v) is 3.01. The summed E-state index contributed by atoms with van der Waals surface area (Å²) in [5.41, 5.74) is 0. The highest BCUT2D eigenvalue weighted by molar-refractivity contribution is 6.73. The van der Waals surface area contributed by atoms with Gasteiger partial charge in [-0.05, 0) is 6.04 Å². The molecule has 0 bridgehead atoms. The number of unbranched alkanes of at least 4 members (excludes halogenated alkanes) is 2. The summed E-state index contributed by atoms with van der Waals surface area (Å²) in [6.07, 6.45) is 3.87. The highest BCUT2D eigenvalue weighted by atomic mass is 28.3. The zero-order valence-corrected chi connectivity index (χ0v) is 7.83. The van der Waals surface area contributed by atoms with Crippen LogP contribution in [0.4, 0.5) is 0 Å². The first kappa shape index (κ1) is 9.18. The van der Waals surface area contributed by atoms with Gasteiger partial charge in [-0.3, -0.25) is 5.40 Å². The fourth-order valence-electron chi connectivity index (χ4n) is 0.817. The number of nitrogens with one attached hydrogen (secondary N) is 1. The van der Waals surface area contributed by atoms with Gasteiger partial charge in [-0.25, -0.2) is 0 Å². The second-order valence-electron chi connectivity index (χ2n) is 3.34. The van der Waals surface area contributed by atoms with Crippen LogP contribution in [0.5, 0.6) is 0 Å². The van der Waals surface area contributed by atoms with E-state index in [4.69, 9.17) is 5.40 Å². The maximum Gasteiger partial charge on any atom is 0.134 e. The highest BCUT2D eigenvalue weighted by Gasteiger charge is 2.13. The molecule has 0 aromatic rings. The summed E-state index contributed by atoms with van der Waals surface area (Å²) in [6.45, 7) is 6.43. The third kappa shape index (κ3) is 8.18. The van der Waals surface area contributed by atoms with Crippen LogP contribution in [0.25, 0.3) is 0 Å². The minimum Gasteiger partial charge on any atom is -0.285 e. The van der Waals surface area contributed by atoms with E-state index >= 15 is 0 Å². The molecule has 55 valence electrons. The van der Waals surface area contributed by atoms with E-state index in [0.29, 0.717) is 0 Å². The van der Waals surface area contributed by atoms with E-state index in [1.165, 1.54) is 25.3 Å². The van der Waals surface area contributed by atoms with Crippen LogP contribution >= 0.6 is 0 Å².